The number of hydrogen-bond donors (Lipinski definition) is 0. The number of ketones is 1. The number of carbonyl (C=O) groups excluding carboxylic acids is 1. The molecule has 1 saturated carbocycles. The van der Waals surface area contributed by atoms with Gasteiger partial charge in [-0.3, -0.25) is 14.3 Å². The molecule has 27 heavy (non-hydrogen) atoms. The Kier molecular flexibility index (Phi) is 4.01. The van der Waals surface area contributed by atoms with E-state index in [0.29, 0.717) is 11.8 Å². The van der Waals surface area contributed by atoms with Crippen molar-refractivity contribution in [3.8, 4) is 11.4 Å². The number of nitrogens with zero attached hydrogens (tertiary/aromatic N) is 4. The van der Waals surface area contributed by atoms with Gasteiger partial charge in [0.15, 0.2) is 16.7 Å². The first kappa shape index (κ1) is 16.3. The van der Waals surface area contributed by atoms with Crippen LogP contribution >= 0.6 is 11.8 Å². The van der Waals surface area contributed by atoms with Crippen molar-refractivity contribution in [3.63, 3.8) is 0 Å². The summed E-state index contributed by atoms with van der Waals surface area (Å²) in [6.45, 7) is 0. The van der Waals surface area contributed by atoms with Crippen LogP contribution in [0, 0.1) is 0 Å². The standard InChI is InChI=1S/C20H16N4O2S/c25-16(18-11-14-3-1-2-4-17(14)26-18)12-27-20-23-22-19(24(20)15-5-6-15)13-7-9-21-10-8-13/h1-4,7-11,15H,5-6,12H2. The molecule has 134 valence electrons. The molecule has 0 amide bonds. The van der Waals surface area contributed by atoms with Crippen molar-refractivity contribution in [1.82, 2.24) is 19.7 Å². The summed E-state index contributed by atoms with van der Waals surface area (Å²) in [4.78, 5) is 16.6. The molecule has 4 aromatic rings. The van der Waals surface area contributed by atoms with Gasteiger partial charge in [-0.05, 0) is 37.1 Å². The molecule has 0 aliphatic heterocycles. The zero-order valence-electron chi connectivity index (χ0n) is 14.4. The van der Waals surface area contributed by atoms with Crippen molar-refractivity contribution >= 4 is 28.5 Å². The fourth-order valence-corrected chi connectivity index (χ4v) is 3.93. The zero-order chi connectivity index (χ0) is 18.2. The summed E-state index contributed by atoms with van der Waals surface area (Å²) in [5.74, 6) is 1.43. The van der Waals surface area contributed by atoms with Crippen molar-refractivity contribution in [2.45, 2.75) is 24.0 Å². The van der Waals surface area contributed by atoms with E-state index >= 15 is 0 Å². The van der Waals surface area contributed by atoms with Crippen molar-refractivity contribution in [3.05, 3.63) is 60.6 Å². The van der Waals surface area contributed by atoms with E-state index in [1.54, 1.807) is 18.5 Å². The maximum Gasteiger partial charge on any atom is 0.208 e. The maximum atomic E-state index is 12.6. The fourth-order valence-electron chi connectivity index (χ4n) is 3.06. The lowest BCUT2D eigenvalue weighted by molar-refractivity contribution is 0.0994. The number of Topliss-reactive ketones (excluding diaryl/α,β-unsaturated/α-hetero) is 1. The van der Waals surface area contributed by atoms with Crippen LogP contribution in [-0.4, -0.2) is 31.3 Å². The number of fused-ring (bicyclic) bond motifs is 1. The number of thioether (sulfide) groups is 1. The van der Waals surface area contributed by atoms with Gasteiger partial charge in [-0.15, -0.1) is 10.2 Å². The van der Waals surface area contributed by atoms with E-state index in [2.05, 4.69) is 19.7 Å². The average molecular weight is 376 g/mol. The molecule has 1 aromatic carbocycles. The largest absolute Gasteiger partial charge is 0.453 e. The molecule has 0 radical (unpaired) electrons. The van der Waals surface area contributed by atoms with Crippen LogP contribution in [0.3, 0.4) is 0 Å². The van der Waals surface area contributed by atoms with Gasteiger partial charge in [-0.1, -0.05) is 30.0 Å². The van der Waals surface area contributed by atoms with Crippen molar-refractivity contribution in [1.29, 1.82) is 0 Å². The number of para-hydroxylation sites is 1. The van der Waals surface area contributed by atoms with E-state index in [-0.39, 0.29) is 11.5 Å². The third-order valence-electron chi connectivity index (χ3n) is 4.55. The quantitative estimate of drug-likeness (QED) is 0.367. The monoisotopic (exact) mass is 376 g/mol. The second kappa shape index (κ2) is 6.66. The molecular weight excluding hydrogens is 360 g/mol. The molecule has 0 unspecified atom stereocenters. The topological polar surface area (TPSA) is 73.8 Å². The smallest absolute Gasteiger partial charge is 0.208 e. The van der Waals surface area contributed by atoms with Crippen molar-refractivity contribution in [2.75, 3.05) is 5.75 Å². The molecule has 0 atom stereocenters. The highest BCUT2D eigenvalue weighted by atomic mass is 32.2. The van der Waals surface area contributed by atoms with Gasteiger partial charge in [0.1, 0.15) is 5.58 Å². The van der Waals surface area contributed by atoms with Gasteiger partial charge in [-0.25, -0.2) is 0 Å². The summed E-state index contributed by atoms with van der Waals surface area (Å²) in [6, 6.07) is 13.7. The van der Waals surface area contributed by atoms with Crippen molar-refractivity contribution < 1.29 is 9.21 Å². The Morgan fingerprint density at radius 1 is 1.15 bits per heavy atom. The lowest BCUT2D eigenvalue weighted by atomic mass is 10.2. The van der Waals surface area contributed by atoms with Crippen LogP contribution in [-0.2, 0) is 0 Å². The minimum Gasteiger partial charge on any atom is -0.453 e. The molecule has 0 bridgehead atoms. The third kappa shape index (κ3) is 3.14. The van der Waals surface area contributed by atoms with Gasteiger partial charge >= 0.3 is 0 Å². The number of aromatic nitrogens is 4. The average Bonchev–Trinajstić information content (AvgIpc) is 3.30. The van der Waals surface area contributed by atoms with Gasteiger partial charge in [0, 0.05) is 29.4 Å². The van der Waals surface area contributed by atoms with E-state index in [4.69, 9.17) is 4.42 Å². The van der Waals surface area contributed by atoms with Crippen LogP contribution < -0.4 is 0 Å². The minimum atomic E-state index is -0.0491. The maximum absolute atomic E-state index is 12.6. The second-order valence-corrected chi connectivity index (χ2v) is 7.45. The molecule has 1 fully saturated rings. The van der Waals surface area contributed by atoms with Crippen molar-refractivity contribution in [2.24, 2.45) is 0 Å². The van der Waals surface area contributed by atoms with Crippen LogP contribution in [0.5, 0.6) is 0 Å². The minimum absolute atomic E-state index is 0.0491. The van der Waals surface area contributed by atoms with E-state index < -0.39 is 0 Å². The molecule has 6 nitrogen and oxygen atoms in total. The highest BCUT2D eigenvalue weighted by molar-refractivity contribution is 7.99. The third-order valence-corrected chi connectivity index (χ3v) is 5.49. The summed E-state index contributed by atoms with van der Waals surface area (Å²) in [5, 5.41) is 10.4. The molecule has 1 aliphatic rings. The first-order valence-electron chi connectivity index (χ1n) is 8.79. The molecular formula is C20H16N4O2S. The molecule has 5 rings (SSSR count). The van der Waals surface area contributed by atoms with Crippen LogP contribution in [0.15, 0.2) is 64.4 Å². The van der Waals surface area contributed by atoms with E-state index in [1.807, 2.05) is 36.4 Å². The van der Waals surface area contributed by atoms with Crippen LogP contribution in [0.1, 0.15) is 29.4 Å². The summed E-state index contributed by atoms with van der Waals surface area (Å²) in [7, 11) is 0. The first-order chi connectivity index (χ1) is 13.3. The molecule has 0 N–H and O–H groups in total. The summed E-state index contributed by atoms with van der Waals surface area (Å²) in [5.41, 5.74) is 1.71. The molecule has 3 heterocycles. The summed E-state index contributed by atoms with van der Waals surface area (Å²) in [6.07, 6.45) is 5.72. The molecule has 0 spiro atoms. The first-order valence-corrected chi connectivity index (χ1v) is 9.78. The molecule has 1 aliphatic carbocycles. The van der Waals surface area contributed by atoms with Gasteiger partial charge < -0.3 is 4.42 Å². The zero-order valence-corrected chi connectivity index (χ0v) is 15.2. The predicted molar refractivity (Wildman–Crippen MR) is 103 cm³/mol. The number of benzene rings is 1. The Morgan fingerprint density at radius 2 is 1.96 bits per heavy atom. The number of furan rings is 1. The number of rotatable bonds is 6. The molecule has 7 heteroatoms. The summed E-state index contributed by atoms with van der Waals surface area (Å²) < 4.78 is 7.81. The Balaban J connectivity index is 1.38. The molecule has 3 aromatic heterocycles. The highest BCUT2D eigenvalue weighted by Gasteiger charge is 2.30. The number of pyridine rings is 1. The number of hydrogen-bond acceptors (Lipinski definition) is 6. The van der Waals surface area contributed by atoms with Gasteiger partial charge in [0.05, 0.1) is 5.75 Å². The normalized spacial score (nSPS) is 13.9. The Bertz CT molecular complexity index is 1080. The lowest BCUT2D eigenvalue weighted by Gasteiger charge is -2.08. The van der Waals surface area contributed by atoms with Gasteiger partial charge in [0.25, 0.3) is 0 Å². The number of carbonyl (C=O) groups is 1. The van der Waals surface area contributed by atoms with Gasteiger partial charge in [-0.2, -0.15) is 0 Å². The SMILES string of the molecule is O=C(CSc1nnc(-c2ccncc2)n1C1CC1)c1cc2ccccc2o1. The Morgan fingerprint density at radius 3 is 2.74 bits per heavy atom. The Labute approximate surface area is 159 Å². The molecule has 0 saturated heterocycles. The van der Waals surface area contributed by atoms with E-state index in [9.17, 15) is 4.79 Å². The van der Waals surface area contributed by atoms with Crippen LogP contribution in [0.4, 0.5) is 0 Å². The van der Waals surface area contributed by atoms with E-state index in [0.717, 1.165) is 40.4 Å². The summed E-state index contributed by atoms with van der Waals surface area (Å²) >= 11 is 1.41. The lowest BCUT2D eigenvalue weighted by Crippen LogP contribution is -2.04. The Hall–Kier alpha value is -2.93. The highest BCUT2D eigenvalue weighted by Crippen LogP contribution is 2.41. The predicted octanol–water partition coefficient (Wildman–Crippen LogP) is 4.40. The van der Waals surface area contributed by atoms with Gasteiger partial charge in [0.2, 0.25) is 5.78 Å². The fraction of sp³-hybridized carbons (Fsp3) is 0.200. The van der Waals surface area contributed by atoms with E-state index in [1.165, 1.54) is 11.8 Å². The van der Waals surface area contributed by atoms with Crippen LogP contribution in [0.25, 0.3) is 22.4 Å². The van der Waals surface area contributed by atoms with Crippen LogP contribution in [0.2, 0.25) is 0 Å². The second-order valence-electron chi connectivity index (χ2n) is 6.50.